The maximum Gasteiger partial charge on any atom is 0.410 e. The number of nitrogens with two attached hydrogens (primary N) is 1. The molecule has 6 atom stereocenters. The Morgan fingerprint density at radius 2 is 1.90 bits per heavy atom. The maximum atomic E-state index is 13.1. The lowest BCUT2D eigenvalue weighted by Gasteiger charge is -2.58. The molecule has 2 amide bonds. The van der Waals surface area contributed by atoms with Gasteiger partial charge in [-0.05, 0) is 68.4 Å². The molecule has 2 heterocycles. The summed E-state index contributed by atoms with van der Waals surface area (Å²) >= 11 is 0. The van der Waals surface area contributed by atoms with Crippen molar-refractivity contribution in [3.63, 3.8) is 0 Å². The van der Waals surface area contributed by atoms with Gasteiger partial charge in [-0.25, -0.2) is 9.78 Å². The second kappa shape index (κ2) is 6.71. The second-order valence-corrected chi connectivity index (χ2v) is 10.4. The van der Waals surface area contributed by atoms with Crippen molar-refractivity contribution in [2.24, 2.45) is 36.0 Å². The van der Waals surface area contributed by atoms with E-state index in [-0.39, 0.29) is 41.3 Å². The molecule has 31 heavy (non-hydrogen) atoms. The molecule has 164 valence electrons. The molecular weight excluding hydrogens is 392 g/mol. The summed E-state index contributed by atoms with van der Waals surface area (Å²) in [6.45, 7) is 1.34. The quantitative estimate of drug-likeness (QED) is 0.823. The summed E-state index contributed by atoms with van der Waals surface area (Å²) in [5.74, 6) is 2.23. The first-order valence-corrected chi connectivity index (χ1v) is 11.6. The molecule has 5 aliphatic rings. The lowest BCUT2D eigenvalue weighted by molar-refractivity contribution is -0.161. The van der Waals surface area contributed by atoms with Crippen LogP contribution >= 0.6 is 0 Å². The highest BCUT2D eigenvalue weighted by atomic mass is 16.6. The number of rotatable bonds is 3. The number of amides is 2. The number of aryl methyl sites for hydroxylation is 1. The van der Waals surface area contributed by atoms with Crippen LogP contribution in [0.4, 0.5) is 4.79 Å². The van der Waals surface area contributed by atoms with Crippen LogP contribution in [-0.2, 0) is 16.6 Å². The SMILES string of the molecule is Cn1c(C2CCN(C(=O)OC3C4CC5C[C@H]3CC(C(N)=O)(C5)C4)C2)nc2ccccc21. The summed E-state index contributed by atoms with van der Waals surface area (Å²) in [6, 6.07) is 8.15. The molecule has 5 unspecified atom stereocenters. The Morgan fingerprint density at radius 3 is 2.61 bits per heavy atom. The van der Waals surface area contributed by atoms with Gasteiger partial charge < -0.3 is 19.9 Å². The monoisotopic (exact) mass is 422 g/mol. The smallest absolute Gasteiger partial charge is 0.410 e. The van der Waals surface area contributed by atoms with Gasteiger partial charge >= 0.3 is 6.09 Å². The highest BCUT2D eigenvalue weighted by Crippen LogP contribution is 2.60. The fourth-order valence-corrected chi connectivity index (χ4v) is 7.33. The van der Waals surface area contributed by atoms with E-state index >= 15 is 0 Å². The molecule has 4 bridgehead atoms. The van der Waals surface area contributed by atoms with E-state index in [4.69, 9.17) is 15.5 Å². The Balaban J connectivity index is 1.15. The van der Waals surface area contributed by atoms with Gasteiger partial charge in [0.05, 0.1) is 16.4 Å². The van der Waals surface area contributed by atoms with E-state index in [9.17, 15) is 9.59 Å². The first-order chi connectivity index (χ1) is 14.9. The summed E-state index contributed by atoms with van der Waals surface area (Å²) in [5, 5.41) is 0. The maximum absolute atomic E-state index is 13.1. The number of hydrogen-bond donors (Lipinski definition) is 1. The molecule has 0 radical (unpaired) electrons. The molecule has 2 N–H and O–H groups in total. The Bertz CT molecular complexity index is 1050. The Kier molecular flexibility index (Phi) is 4.14. The van der Waals surface area contributed by atoms with Crippen molar-refractivity contribution >= 4 is 23.0 Å². The zero-order chi connectivity index (χ0) is 21.3. The van der Waals surface area contributed by atoms with Crippen molar-refractivity contribution < 1.29 is 14.3 Å². The standard InChI is InChI=1S/C24H30N4O3/c1-27-19-5-3-2-4-18(19)26-21(27)15-6-7-28(13-15)23(30)31-20-16-8-14-9-17(20)12-24(10-14,11-16)22(25)29/h2-5,14-17,20H,6-13H2,1H3,(H2,25,29)/t14?,15?,16-,17?,20?,24?/m0/s1. The summed E-state index contributed by atoms with van der Waals surface area (Å²) < 4.78 is 8.27. The number of primary amides is 1. The average molecular weight is 423 g/mol. The fourth-order valence-electron chi connectivity index (χ4n) is 7.33. The van der Waals surface area contributed by atoms with Crippen molar-refractivity contribution in [2.75, 3.05) is 13.1 Å². The van der Waals surface area contributed by atoms with Gasteiger partial charge in [0.15, 0.2) is 0 Å². The highest BCUT2D eigenvalue weighted by Gasteiger charge is 2.59. The summed E-state index contributed by atoms with van der Waals surface area (Å²) in [7, 11) is 2.05. The third-order valence-electron chi connectivity index (χ3n) is 8.58. The van der Waals surface area contributed by atoms with Gasteiger partial charge in [0.1, 0.15) is 11.9 Å². The van der Waals surface area contributed by atoms with Crippen molar-refractivity contribution in [3.05, 3.63) is 30.1 Å². The van der Waals surface area contributed by atoms with Gasteiger partial charge in [-0.2, -0.15) is 0 Å². The number of fused-ring (bicyclic) bond motifs is 1. The zero-order valence-electron chi connectivity index (χ0n) is 18.0. The van der Waals surface area contributed by atoms with E-state index < -0.39 is 0 Å². The van der Waals surface area contributed by atoms with Crippen LogP contribution in [0.1, 0.15) is 50.3 Å². The third kappa shape index (κ3) is 2.88. The van der Waals surface area contributed by atoms with Gasteiger partial charge in [-0.15, -0.1) is 0 Å². The number of carbonyl (C=O) groups is 2. The van der Waals surface area contributed by atoms with Crippen molar-refractivity contribution in [2.45, 2.75) is 50.5 Å². The molecule has 1 aromatic carbocycles. The van der Waals surface area contributed by atoms with Crippen LogP contribution in [0.25, 0.3) is 11.0 Å². The van der Waals surface area contributed by atoms with Crippen molar-refractivity contribution in [1.82, 2.24) is 14.5 Å². The topological polar surface area (TPSA) is 90.5 Å². The number of aromatic nitrogens is 2. The van der Waals surface area contributed by atoms with Gasteiger partial charge in [-0.3, -0.25) is 4.79 Å². The van der Waals surface area contributed by atoms with Gasteiger partial charge in [0.2, 0.25) is 5.91 Å². The Labute approximate surface area is 181 Å². The minimum Gasteiger partial charge on any atom is -0.446 e. The van der Waals surface area contributed by atoms with E-state index in [0.29, 0.717) is 19.0 Å². The average Bonchev–Trinajstić information content (AvgIpc) is 3.35. The summed E-state index contributed by atoms with van der Waals surface area (Å²) in [4.78, 5) is 31.9. The van der Waals surface area contributed by atoms with E-state index in [0.717, 1.165) is 55.4 Å². The Morgan fingerprint density at radius 1 is 1.16 bits per heavy atom. The van der Waals surface area contributed by atoms with Crippen LogP contribution in [0.15, 0.2) is 24.3 Å². The van der Waals surface area contributed by atoms with E-state index in [1.165, 1.54) is 0 Å². The number of ether oxygens (including phenoxy) is 1. The predicted molar refractivity (Wildman–Crippen MR) is 115 cm³/mol. The molecule has 0 spiro atoms. The minimum atomic E-state index is -0.349. The van der Waals surface area contributed by atoms with Crippen LogP contribution in [0.3, 0.4) is 0 Å². The normalized spacial score (nSPS) is 36.3. The molecule has 5 fully saturated rings. The molecule has 4 aliphatic carbocycles. The number of nitrogens with zero attached hydrogens (tertiary/aromatic N) is 3. The molecular formula is C24H30N4O3. The number of likely N-dealkylation sites (tertiary alicyclic amines) is 1. The molecule has 1 saturated heterocycles. The van der Waals surface area contributed by atoms with E-state index in [1.807, 2.05) is 23.1 Å². The number of imidazole rings is 1. The van der Waals surface area contributed by atoms with Crippen molar-refractivity contribution in [1.29, 1.82) is 0 Å². The minimum absolute atomic E-state index is 0.0636. The van der Waals surface area contributed by atoms with E-state index in [2.05, 4.69) is 17.7 Å². The molecule has 7 rings (SSSR count). The fraction of sp³-hybridized carbons (Fsp3) is 0.625. The molecule has 7 nitrogen and oxygen atoms in total. The number of hydrogen-bond acceptors (Lipinski definition) is 4. The predicted octanol–water partition coefficient (Wildman–Crippen LogP) is 3.18. The molecule has 7 heteroatoms. The van der Waals surface area contributed by atoms with Gasteiger partial charge in [-0.1, -0.05) is 12.1 Å². The lowest BCUT2D eigenvalue weighted by Crippen LogP contribution is -2.59. The summed E-state index contributed by atoms with van der Waals surface area (Å²) in [5.41, 5.74) is 7.56. The van der Waals surface area contributed by atoms with Crippen LogP contribution in [-0.4, -0.2) is 45.6 Å². The Hall–Kier alpha value is -2.57. The number of benzene rings is 1. The van der Waals surface area contributed by atoms with Gasteiger partial charge in [0, 0.05) is 26.1 Å². The van der Waals surface area contributed by atoms with Crippen LogP contribution in [0.5, 0.6) is 0 Å². The molecule has 4 saturated carbocycles. The second-order valence-electron chi connectivity index (χ2n) is 10.4. The van der Waals surface area contributed by atoms with Crippen LogP contribution in [0.2, 0.25) is 0 Å². The molecule has 2 aromatic rings. The third-order valence-corrected chi connectivity index (χ3v) is 8.58. The molecule has 1 aliphatic heterocycles. The largest absolute Gasteiger partial charge is 0.446 e. The summed E-state index contributed by atoms with van der Waals surface area (Å²) in [6.07, 6.45) is 5.26. The van der Waals surface area contributed by atoms with Crippen LogP contribution < -0.4 is 5.73 Å². The number of carbonyl (C=O) groups excluding carboxylic acids is 2. The lowest BCUT2D eigenvalue weighted by atomic mass is 9.48. The highest BCUT2D eigenvalue weighted by molar-refractivity contribution is 5.81. The first kappa shape index (κ1) is 19.1. The van der Waals surface area contributed by atoms with E-state index in [1.54, 1.807) is 0 Å². The number of para-hydroxylation sites is 2. The zero-order valence-corrected chi connectivity index (χ0v) is 18.0. The van der Waals surface area contributed by atoms with Crippen LogP contribution in [0, 0.1) is 23.2 Å². The molecule has 1 aromatic heterocycles. The van der Waals surface area contributed by atoms with Gasteiger partial charge in [0.25, 0.3) is 0 Å². The van der Waals surface area contributed by atoms with Crippen molar-refractivity contribution in [3.8, 4) is 0 Å². The first-order valence-electron chi connectivity index (χ1n) is 11.6.